The Morgan fingerprint density at radius 2 is 2.00 bits per heavy atom. The maximum atomic E-state index is 13.6. The predicted molar refractivity (Wildman–Crippen MR) is 97.8 cm³/mol. The highest BCUT2D eigenvalue weighted by molar-refractivity contribution is 7.89. The van der Waals surface area contributed by atoms with E-state index in [1.807, 2.05) is 0 Å². The molecule has 1 atom stereocenters. The molecule has 0 bridgehead atoms. The Hall–Kier alpha value is -2.45. The summed E-state index contributed by atoms with van der Waals surface area (Å²) >= 11 is 0. The van der Waals surface area contributed by atoms with E-state index < -0.39 is 21.3 Å². The molecule has 0 aliphatic carbocycles. The average molecular weight is 390 g/mol. The monoisotopic (exact) mass is 390 g/mol. The van der Waals surface area contributed by atoms with E-state index in [2.05, 4.69) is 5.32 Å². The minimum absolute atomic E-state index is 0.0112. The number of aryl methyl sites for hydroxylation is 1. The zero-order valence-electron chi connectivity index (χ0n) is 15.0. The molecule has 6 nitrogen and oxygen atoms in total. The highest BCUT2D eigenvalue weighted by atomic mass is 32.2. The summed E-state index contributed by atoms with van der Waals surface area (Å²) in [5.74, 6) is -0.229. The first-order valence-corrected chi connectivity index (χ1v) is 9.98. The van der Waals surface area contributed by atoms with Crippen molar-refractivity contribution in [3.05, 3.63) is 53.3 Å². The Kier molecular flexibility index (Phi) is 4.01. The lowest BCUT2D eigenvalue weighted by Gasteiger charge is -2.23. The third-order valence-electron chi connectivity index (χ3n) is 5.43. The van der Waals surface area contributed by atoms with Crippen molar-refractivity contribution in [2.24, 2.45) is 0 Å². The van der Waals surface area contributed by atoms with Gasteiger partial charge >= 0.3 is 0 Å². The molecule has 2 aromatic rings. The molecule has 2 aliphatic rings. The molecule has 1 spiro atoms. The van der Waals surface area contributed by atoms with Crippen molar-refractivity contribution in [3.63, 3.8) is 0 Å². The number of nitrogens with zero attached hydrogens (tertiary/aromatic N) is 1. The first-order chi connectivity index (χ1) is 12.8. The van der Waals surface area contributed by atoms with E-state index in [1.165, 1.54) is 23.5 Å². The minimum atomic E-state index is -3.91. The van der Waals surface area contributed by atoms with E-state index >= 15 is 0 Å². The van der Waals surface area contributed by atoms with Crippen molar-refractivity contribution in [2.75, 3.05) is 25.5 Å². The summed E-state index contributed by atoms with van der Waals surface area (Å²) in [4.78, 5) is 12.7. The van der Waals surface area contributed by atoms with E-state index in [0.29, 0.717) is 23.4 Å². The summed E-state index contributed by atoms with van der Waals surface area (Å²) in [6, 6.07) is 8.98. The average Bonchev–Trinajstić information content (AvgIpc) is 3.21. The van der Waals surface area contributed by atoms with Crippen LogP contribution in [-0.4, -0.2) is 38.8 Å². The van der Waals surface area contributed by atoms with Gasteiger partial charge in [-0.05, 0) is 54.8 Å². The molecule has 1 N–H and O–H groups in total. The number of hydrogen-bond donors (Lipinski definition) is 1. The fourth-order valence-corrected chi connectivity index (χ4v) is 5.63. The van der Waals surface area contributed by atoms with E-state index in [9.17, 15) is 17.6 Å². The van der Waals surface area contributed by atoms with Gasteiger partial charge < -0.3 is 10.1 Å². The number of methoxy groups -OCH3 is 1. The third-order valence-corrected chi connectivity index (χ3v) is 7.41. The van der Waals surface area contributed by atoms with Gasteiger partial charge in [0.2, 0.25) is 15.9 Å². The smallest absolute Gasteiger partial charge is 0.243 e. The molecule has 142 valence electrons. The minimum Gasteiger partial charge on any atom is -0.497 e. The molecule has 4 rings (SSSR count). The number of benzene rings is 2. The van der Waals surface area contributed by atoms with Crippen LogP contribution in [0, 0.1) is 12.7 Å². The second-order valence-electron chi connectivity index (χ2n) is 6.95. The van der Waals surface area contributed by atoms with Gasteiger partial charge in [-0.2, -0.15) is 4.31 Å². The molecule has 1 saturated heterocycles. The summed E-state index contributed by atoms with van der Waals surface area (Å²) in [6.45, 7) is 1.82. The molecule has 2 heterocycles. The molecular weight excluding hydrogens is 371 g/mol. The lowest BCUT2D eigenvalue weighted by Crippen LogP contribution is -2.39. The summed E-state index contributed by atoms with van der Waals surface area (Å²) in [5, 5.41) is 2.84. The van der Waals surface area contributed by atoms with Crippen LogP contribution in [0.3, 0.4) is 0 Å². The first kappa shape index (κ1) is 17.9. The number of carbonyl (C=O) groups excluding carboxylic acids is 1. The number of rotatable bonds is 3. The highest BCUT2D eigenvalue weighted by Crippen LogP contribution is 2.46. The van der Waals surface area contributed by atoms with Gasteiger partial charge in [-0.3, -0.25) is 4.79 Å². The Bertz CT molecular complexity index is 1050. The second kappa shape index (κ2) is 6.03. The van der Waals surface area contributed by atoms with Crippen LogP contribution in [0.15, 0.2) is 41.3 Å². The van der Waals surface area contributed by atoms with Crippen LogP contribution >= 0.6 is 0 Å². The summed E-state index contributed by atoms with van der Waals surface area (Å²) in [7, 11) is -2.38. The van der Waals surface area contributed by atoms with Crippen molar-refractivity contribution in [3.8, 4) is 5.75 Å². The molecule has 1 amide bonds. The number of carbonyl (C=O) groups is 1. The molecular formula is C19H19FN2O4S. The van der Waals surface area contributed by atoms with Crippen molar-refractivity contribution in [1.82, 2.24) is 4.31 Å². The molecule has 0 saturated carbocycles. The second-order valence-corrected chi connectivity index (χ2v) is 8.85. The van der Waals surface area contributed by atoms with E-state index in [4.69, 9.17) is 4.74 Å². The number of nitrogens with one attached hydrogen (secondary N) is 1. The van der Waals surface area contributed by atoms with Crippen molar-refractivity contribution in [1.29, 1.82) is 0 Å². The number of hydrogen-bond acceptors (Lipinski definition) is 4. The van der Waals surface area contributed by atoms with Crippen molar-refractivity contribution < 1.29 is 22.3 Å². The van der Waals surface area contributed by atoms with Crippen molar-refractivity contribution >= 4 is 21.6 Å². The van der Waals surface area contributed by atoms with Gasteiger partial charge in [0.05, 0.1) is 17.4 Å². The largest absolute Gasteiger partial charge is 0.497 e. The Labute approximate surface area is 157 Å². The lowest BCUT2D eigenvalue weighted by atomic mass is 9.81. The van der Waals surface area contributed by atoms with Gasteiger partial charge in [-0.25, -0.2) is 12.8 Å². The first-order valence-electron chi connectivity index (χ1n) is 8.54. The normalized spacial score (nSPS) is 22.1. The van der Waals surface area contributed by atoms with Crippen LogP contribution < -0.4 is 10.1 Å². The van der Waals surface area contributed by atoms with E-state index in [-0.39, 0.29) is 23.9 Å². The molecule has 2 aliphatic heterocycles. The van der Waals surface area contributed by atoms with Gasteiger partial charge in [0.1, 0.15) is 11.6 Å². The van der Waals surface area contributed by atoms with Gasteiger partial charge in [0.15, 0.2) is 0 Å². The third kappa shape index (κ3) is 2.62. The molecule has 2 aromatic carbocycles. The van der Waals surface area contributed by atoms with Crippen LogP contribution in [0.2, 0.25) is 0 Å². The molecule has 27 heavy (non-hydrogen) atoms. The number of sulfonamides is 1. The van der Waals surface area contributed by atoms with Crippen LogP contribution in [0.4, 0.5) is 10.1 Å². The van der Waals surface area contributed by atoms with Crippen molar-refractivity contribution in [2.45, 2.75) is 23.7 Å². The van der Waals surface area contributed by atoms with Gasteiger partial charge in [-0.1, -0.05) is 6.07 Å². The van der Waals surface area contributed by atoms with Crippen LogP contribution in [0.1, 0.15) is 17.5 Å². The molecule has 8 heteroatoms. The summed E-state index contributed by atoms with van der Waals surface area (Å²) < 4.78 is 46.3. The number of fused-ring (bicyclic) bond motifs is 2. The zero-order valence-corrected chi connectivity index (χ0v) is 15.8. The summed E-state index contributed by atoms with van der Waals surface area (Å²) in [5.41, 5.74) is 0.913. The number of halogens is 1. The van der Waals surface area contributed by atoms with Gasteiger partial charge in [0, 0.05) is 18.8 Å². The Morgan fingerprint density at radius 3 is 2.74 bits per heavy atom. The SMILES string of the molecule is COc1ccc2c(c1)[C@@]1(CCN(S(=O)(=O)c3cc(F)ccc3C)C1)C(=O)N2. The highest BCUT2D eigenvalue weighted by Gasteiger charge is 2.53. The Balaban J connectivity index is 1.74. The standard InChI is InChI=1S/C19H19FN2O4S/c1-12-3-4-13(20)9-17(12)27(24,25)22-8-7-19(11-22)15-10-14(26-2)5-6-16(15)21-18(19)23/h3-6,9-10H,7-8,11H2,1-2H3,(H,21,23)/t19-/m0/s1. The topological polar surface area (TPSA) is 75.7 Å². The lowest BCUT2D eigenvalue weighted by molar-refractivity contribution is -0.120. The quantitative estimate of drug-likeness (QED) is 0.873. The Morgan fingerprint density at radius 1 is 1.22 bits per heavy atom. The fraction of sp³-hybridized carbons (Fsp3) is 0.316. The van der Waals surface area contributed by atoms with Gasteiger partial charge in [0.25, 0.3) is 0 Å². The van der Waals surface area contributed by atoms with Crippen LogP contribution in [0.5, 0.6) is 5.75 Å². The van der Waals surface area contributed by atoms with E-state index in [0.717, 1.165) is 11.6 Å². The molecule has 0 radical (unpaired) electrons. The van der Waals surface area contributed by atoms with E-state index in [1.54, 1.807) is 25.1 Å². The number of anilines is 1. The predicted octanol–water partition coefficient (Wildman–Crippen LogP) is 2.43. The maximum Gasteiger partial charge on any atom is 0.243 e. The fourth-order valence-electron chi connectivity index (χ4n) is 3.90. The number of amides is 1. The van der Waals surface area contributed by atoms with Crippen LogP contribution in [-0.2, 0) is 20.2 Å². The van der Waals surface area contributed by atoms with Crippen LogP contribution in [0.25, 0.3) is 0 Å². The molecule has 0 unspecified atom stereocenters. The maximum absolute atomic E-state index is 13.6. The number of ether oxygens (including phenoxy) is 1. The summed E-state index contributed by atoms with van der Waals surface area (Å²) in [6.07, 6.45) is 0.354. The van der Waals surface area contributed by atoms with Gasteiger partial charge in [-0.15, -0.1) is 0 Å². The molecule has 0 aromatic heterocycles. The zero-order chi connectivity index (χ0) is 19.4. The molecule has 1 fully saturated rings.